The SMILES string of the molecule is COc1ccc(NC(=O)COc2ccc(Cl)cc2[C@H]2c3sc(=O)[nH]c3SC3C4CC(C5C(=O)N(c6ccc(F)cc6)C(=O)C45)C32)cc1. The number of halogens is 2. The minimum atomic E-state index is -0.530. The van der Waals surface area contributed by atoms with Gasteiger partial charge in [-0.2, -0.15) is 0 Å². The number of anilines is 2. The molecule has 13 heteroatoms. The van der Waals surface area contributed by atoms with Crippen LogP contribution in [-0.2, 0) is 14.4 Å². The average molecular weight is 692 g/mol. The number of imide groups is 1. The molecule has 2 bridgehead atoms. The van der Waals surface area contributed by atoms with Crippen molar-refractivity contribution >= 4 is 63.8 Å². The Morgan fingerprint density at radius 3 is 2.47 bits per heavy atom. The Hall–Kier alpha value is -4.13. The summed E-state index contributed by atoms with van der Waals surface area (Å²) in [6.07, 6.45) is 0.698. The van der Waals surface area contributed by atoms with E-state index in [2.05, 4.69) is 10.3 Å². The molecule has 240 valence electrons. The van der Waals surface area contributed by atoms with Gasteiger partial charge < -0.3 is 19.8 Å². The molecule has 2 N–H and O–H groups in total. The monoisotopic (exact) mass is 691 g/mol. The van der Waals surface area contributed by atoms with E-state index >= 15 is 0 Å². The number of ether oxygens (including phenoxy) is 2. The molecule has 7 atom stereocenters. The lowest BCUT2D eigenvalue weighted by atomic mass is 9.68. The van der Waals surface area contributed by atoms with Gasteiger partial charge in [-0.3, -0.25) is 24.1 Å². The van der Waals surface area contributed by atoms with Crippen LogP contribution in [0.2, 0.25) is 5.02 Å². The summed E-state index contributed by atoms with van der Waals surface area (Å²) < 4.78 is 25.0. The molecule has 8 rings (SSSR count). The Labute approximate surface area is 281 Å². The van der Waals surface area contributed by atoms with Crippen LogP contribution >= 0.6 is 34.7 Å². The zero-order valence-electron chi connectivity index (χ0n) is 24.8. The van der Waals surface area contributed by atoms with Crippen LogP contribution in [0.5, 0.6) is 11.5 Å². The molecule has 3 fully saturated rings. The fourth-order valence-electron chi connectivity index (χ4n) is 8.12. The summed E-state index contributed by atoms with van der Waals surface area (Å²) in [7, 11) is 1.57. The third kappa shape index (κ3) is 4.96. The maximum Gasteiger partial charge on any atom is 0.305 e. The molecule has 2 saturated carbocycles. The van der Waals surface area contributed by atoms with E-state index in [0.29, 0.717) is 34.3 Å². The highest BCUT2D eigenvalue weighted by molar-refractivity contribution is 8.00. The van der Waals surface area contributed by atoms with E-state index in [1.807, 2.05) is 0 Å². The Kier molecular flexibility index (Phi) is 7.42. The van der Waals surface area contributed by atoms with Gasteiger partial charge in [-0.1, -0.05) is 22.9 Å². The Morgan fingerprint density at radius 1 is 1.02 bits per heavy atom. The van der Waals surface area contributed by atoms with Crippen LogP contribution in [0.1, 0.15) is 22.8 Å². The number of carbonyl (C=O) groups excluding carboxylic acids is 3. The van der Waals surface area contributed by atoms with Crippen molar-refractivity contribution in [2.24, 2.45) is 29.6 Å². The average Bonchev–Trinajstić information content (AvgIpc) is 3.80. The first-order valence-electron chi connectivity index (χ1n) is 15.1. The fraction of sp³-hybridized carbons (Fsp3) is 0.294. The van der Waals surface area contributed by atoms with E-state index in [1.165, 1.54) is 29.2 Å². The van der Waals surface area contributed by atoms with E-state index in [-0.39, 0.29) is 58.1 Å². The molecule has 6 unspecified atom stereocenters. The largest absolute Gasteiger partial charge is 0.497 e. The van der Waals surface area contributed by atoms with Crippen molar-refractivity contribution in [3.63, 3.8) is 0 Å². The van der Waals surface area contributed by atoms with Gasteiger partial charge in [0.2, 0.25) is 11.8 Å². The molecule has 9 nitrogen and oxygen atoms in total. The van der Waals surface area contributed by atoms with E-state index < -0.39 is 17.7 Å². The first-order chi connectivity index (χ1) is 22.7. The number of thioether (sulfide) groups is 1. The first kappa shape index (κ1) is 30.2. The smallest absolute Gasteiger partial charge is 0.305 e. The van der Waals surface area contributed by atoms with Gasteiger partial charge in [-0.15, -0.1) is 11.8 Å². The van der Waals surface area contributed by atoms with Crippen LogP contribution in [-0.4, -0.2) is 41.7 Å². The molecule has 2 aliphatic carbocycles. The lowest BCUT2D eigenvalue weighted by molar-refractivity contribution is -0.123. The number of methoxy groups -OCH3 is 1. The van der Waals surface area contributed by atoms with Crippen LogP contribution in [0.25, 0.3) is 0 Å². The number of aromatic nitrogens is 1. The van der Waals surface area contributed by atoms with Gasteiger partial charge in [-0.05, 0) is 90.9 Å². The topological polar surface area (TPSA) is 118 Å². The Morgan fingerprint density at radius 2 is 1.74 bits per heavy atom. The maximum absolute atomic E-state index is 14.0. The summed E-state index contributed by atoms with van der Waals surface area (Å²) in [5.41, 5.74) is 1.67. The third-order valence-corrected chi connectivity index (χ3v) is 12.7. The number of nitrogens with zero attached hydrogens (tertiary/aromatic N) is 1. The van der Waals surface area contributed by atoms with Crippen LogP contribution < -0.4 is 24.6 Å². The summed E-state index contributed by atoms with van der Waals surface area (Å²) in [5.74, 6) is -1.96. The summed E-state index contributed by atoms with van der Waals surface area (Å²) in [6, 6.07) is 17.6. The number of amides is 3. The highest BCUT2D eigenvalue weighted by Crippen LogP contribution is 2.69. The number of hydrogen-bond donors (Lipinski definition) is 2. The minimum Gasteiger partial charge on any atom is -0.497 e. The van der Waals surface area contributed by atoms with E-state index in [4.69, 9.17) is 21.1 Å². The molecular weight excluding hydrogens is 665 g/mol. The van der Waals surface area contributed by atoms with Crippen molar-refractivity contribution in [2.75, 3.05) is 23.9 Å². The van der Waals surface area contributed by atoms with E-state index in [0.717, 1.165) is 26.8 Å². The predicted molar refractivity (Wildman–Crippen MR) is 176 cm³/mol. The third-order valence-electron chi connectivity index (χ3n) is 9.85. The van der Waals surface area contributed by atoms with Crippen LogP contribution in [0.4, 0.5) is 15.8 Å². The van der Waals surface area contributed by atoms with Crippen molar-refractivity contribution in [3.8, 4) is 11.5 Å². The molecule has 1 saturated heterocycles. The number of carbonyl (C=O) groups is 3. The second-order valence-corrected chi connectivity index (χ2v) is 14.8. The van der Waals surface area contributed by atoms with Crippen molar-refractivity contribution in [1.82, 2.24) is 4.98 Å². The second-order valence-electron chi connectivity index (χ2n) is 12.2. The molecule has 3 amide bonds. The number of aromatic amines is 1. The quantitative estimate of drug-likeness (QED) is 0.231. The lowest BCUT2D eigenvalue weighted by Crippen LogP contribution is -2.42. The molecule has 2 aliphatic heterocycles. The minimum absolute atomic E-state index is 0.0564. The van der Waals surface area contributed by atoms with E-state index in [1.54, 1.807) is 61.3 Å². The number of thiazole rings is 1. The van der Waals surface area contributed by atoms with Gasteiger partial charge in [0.1, 0.15) is 17.3 Å². The van der Waals surface area contributed by atoms with Gasteiger partial charge in [0, 0.05) is 32.3 Å². The highest BCUT2D eigenvalue weighted by Gasteiger charge is 2.69. The maximum atomic E-state index is 14.0. The Balaban J connectivity index is 1.12. The number of nitrogens with one attached hydrogen (secondary N) is 2. The normalized spacial score (nSPS) is 27.0. The molecular formula is C34H27ClFN3O6S2. The Bertz CT molecular complexity index is 1980. The molecule has 1 aromatic heterocycles. The number of benzene rings is 3. The predicted octanol–water partition coefficient (Wildman–Crippen LogP) is 5.93. The molecule has 4 aliphatic rings. The van der Waals surface area contributed by atoms with Crippen molar-refractivity contribution in [3.05, 3.63) is 97.7 Å². The number of hydrogen-bond acceptors (Lipinski definition) is 8. The molecule has 4 aromatic rings. The number of rotatable bonds is 7. The molecule has 3 aromatic carbocycles. The molecule has 0 radical (unpaired) electrons. The second kappa shape index (κ2) is 11.5. The van der Waals surface area contributed by atoms with Gasteiger partial charge in [0.05, 0.1) is 29.7 Å². The van der Waals surface area contributed by atoms with Crippen molar-refractivity contribution < 1.29 is 28.2 Å². The molecule has 47 heavy (non-hydrogen) atoms. The fourth-order valence-corrected chi connectivity index (χ4v) is 11.2. The van der Waals surface area contributed by atoms with Crippen molar-refractivity contribution in [2.45, 2.75) is 22.6 Å². The zero-order valence-corrected chi connectivity index (χ0v) is 27.2. The standard InChI is InChI=1S/C34H27ClFN3O6S2/c1-44-19-9-5-17(6-10-19)37-24(40)14-45-23-11-2-15(35)12-20(23)25-26-21-13-22(29(26)46-31-30(25)47-34(43)38-31)28-27(21)32(41)39(33(28)42)18-7-3-16(36)4-8-18/h2-12,21-22,25-29H,13-14H2,1H3,(H,37,40)(H,38,43)/t21?,22?,25-,26?,27?,28?,29?/m1/s1. The first-order valence-corrected chi connectivity index (χ1v) is 17.2. The van der Waals surface area contributed by atoms with Gasteiger partial charge in [0.25, 0.3) is 5.91 Å². The number of fused-ring (bicyclic) bond motifs is 9. The summed E-state index contributed by atoms with van der Waals surface area (Å²) in [6.45, 7) is -0.275. The summed E-state index contributed by atoms with van der Waals surface area (Å²) in [5, 5.41) is 3.97. The highest BCUT2D eigenvalue weighted by atomic mass is 35.5. The zero-order chi connectivity index (χ0) is 32.6. The van der Waals surface area contributed by atoms with Gasteiger partial charge >= 0.3 is 4.87 Å². The summed E-state index contributed by atoms with van der Waals surface area (Å²) in [4.78, 5) is 58.3. The lowest BCUT2D eigenvalue weighted by Gasteiger charge is -2.43. The van der Waals surface area contributed by atoms with Gasteiger partial charge in [-0.25, -0.2) is 4.39 Å². The molecule has 0 spiro atoms. The van der Waals surface area contributed by atoms with E-state index in [9.17, 15) is 23.6 Å². The summed E-state index contributed by atoms with van der Waals surface area (Å²) >= 11 is 9.26. The van der Waals surface area contributed by atoms with Crippen LogP contribution in [0.15, 0.2) is 76.6 Å². The van der Waals surface area contributed by atoms with Crippen LogP contribution in [0.3, 0.4) is 0 Å². The van der Waals surface area contributed by atoms with Crippen molar-refractivity contribution in [1.29, 1.82) is 0 Å². The molecule has 3 heterocycles. The van der Waals surface area contributed by atoms with Crippen LogP contribution in [0, 0.1) is 35.4 Å². The van der Waals surface area contributed by atoms with Gasteiger partial charge in [0.15, 0.2) is 6.61 Å². The number of H-pyrrole nitrogens is 1.